The molecular formula is C17H33N3O. The van der Waals surface area contributed by atoms with Crippen LogP contribution in [0.3, 0.4) is 0 Å². The molecule has 0 aromatic rings. The average molecular weight is 295 g/mol. The Bertz CT molecular complexity index is 327. The van der Waals surface area contributed by atoms with Gasteiger partial charge in [-0.3, -0.25) is 14.6 Å². The molecule has 2 aliphatic heterocycles. The summed E-state index contributed by atoms with van der Waals surface area (Å²) in [6, 6.07) is 0.595. The maximum Gasteiger partial charge on any atom is 0.236 e. The average Bonchev–Trinajstić information content (AvgIpc) is 2.47. The molecular weight excluding hydrogens is 262 g/mol. The lowest BCUT2D eigenvalue weighted by Crippen LogP contribution is -2.53. The van der Waals surface area contributed by atoms with Gasteiger partial charge in [-0.15, -0.1) is 0 Å². The van der Waals surface area contributed by atoms with Crippen LogP contribution in [-0.2, 0) is 4.79 Å². The van der Waals surface area contributed by atoms with Crippen LogP contribution in [-0.4, -0.2) is 72.5 Å². The highest BCUT2D eigenvalue weighted by Crippen LogP contribution is 2.24. The van der Waals surface area contributed by atoms with E-state index in [1.165, 1.54) is 12.8 Å². The van der Waals surface area contributed by atoms with E-state index in [4.69, 9.17) is 0 Å². The van der Waals surface area contributed by atoms with Crippen LogP contribution in [0.5, 0.6) is 0 Å². The van der Waals surface area contributed by atoms with Gasteiger partial charge in [0.25, 0.3) is 0 Å². The Morgan fingerprint density at radius 1 is 0.952 bits per heavy atom. The molecule has 4 nitrogen and oxygen atoms in total. The Labute approximate surface area is 130 Å². The van der Waals surface area contributed by atoms with E-state index in [0.29, 0.717) is 18.5 Å². The molecule has 1 amide bonds. The fourth-order valence-electron chi connectivity index (χ4n) is 3.56. The number of hydrogen-bond acceptors (Lipinski definition) is 3. The number of rotatable bonds is 4. The summed E-state index contributed by atoms with van der Waals surface area (Å²) >= 11 is 0. The van der Waals surface area contributed by atoms with Crippen LogP contribution in [0.2, 0.25) is 0 Å². The van der Waals surface area contributed by atoms with Gasteiger partial charge in [-0.05, 0) is 51.6 Å². The zero-order valence-electron chi connectivity index (χ0n) is 14.3. The smallest absolute Gasteiger partial charge is 0.236 e. The van der Waals surface area contributed by atoms with Crippen LogP contribution in [0, 0.1) is 11.8 Å². The highest BCUT2D eigenvalue weighted by atomic mass is 16.2. The predicted octanol–water partition coefficient (Wildman–Crippen LogP) is 1.91. The molecule has 2 heterocycles. The summed E-state index contributed by atoms with van der Waals surface area (Å²) in [6.07, 6.45) is 2.51. The first-order chi connectivity index (χ1) is 9.97. The highest BCUT2D eigenvalue weighted by Gasteiger charge is 2.26. The molecule has 0 unspecified atom stereocenters. The van der Waals surface area contributed by atoms with Gasteiger partial charge in [-0.25, -0.2) is 0 Å². The summed E-state index contributed by atoms with van der Waals surface area (Å²) < 4.78 is 0. The first kappa shape index (κ1) is 16.8. The third-order valence-corrected chi connectivity index (χ3v) is 5.33. The Morgan fingerprint density at radius 3 is 2.00 bits per heavy atom. The molecule has 0 aromatic heterocycles. The summed E-state index contributed by atoms with van der Waals surface area (Å²) in [7, 11) is 0. The normalized spacial score (nSPS) is 23.2. The third-order valence-electron chi connectivity index (χ3n) is 5.33. The fourth-order valence-corrected chi connectivity index (χ4v) is 3.56. The second-order valence-electron chi connectivity index (χ2n) is 7.37. The molecule has 122 valence electrons. The van der Waals surface area contributed by atoms with Crippen molar-refractivity contribution in [2.45, 2.75) is 46.6 Å². The molecule has 0 aliphatic carbocycles. The molecule has 0 saturated carbocycles. The van der Waals surface area contributed by atoms with E-state index in [1.54, 1.807) is 0 Å². The van der Waals surface area contributed by atoms with E-state index < -0.39 is 0 Å². The minimum Gasteiger partial charge on any atom is -0.339 e. The van der Waals surface area contributed by atoms with E-state index in [1.807, 2.05) is 0 Å². The minimum absolute atomic E-state index is 0.335. The molecule has 0 spiro atoms. The zero-order valence-corrected chi connectivity index (χ0v) is 14.3. The topological polar surface area (TPSA) is 26.8 Å². The number of hydrogen-bond donors (Lipinski definition) is 0. The highest BCUT2D eigenvalue weighted by molar-refractivity contribution is 5.78. The van der Waals surface area contributed by atoms with Gasteiger partial charge in [-0.1, -0.05) is 13.8 Å². The second kappa shape index (κ2) is 7.59. The number of carbonyl (C=O) groups is 1. The molecule has 2 aliphatic rings. The number of piperazine rings is 1. The van der Waals surface area contributed by atoms with Crippen molar-refractivity contribution in [3.05, 3.63) is 0 Å². The Hall–Kier alpha value is -0.610. The number of likely N-dealkylation sites (tertiary alicyclic amines) is 1. The Balaban J connectivity index is 1.71. The van der Waals surface area contributed by atoms with Crippen LogP contribution in [0.4, 0.5) is 0 Å². The van der Waals surface area contributed by atoms with Crippen LogP contribution in [0.1, 0.15) is 40.5 Å². The lowest BCUT2D eigenvalue weighted by Gasteiger charge is -2.39. The second-order valence-corrected chi connectivity index (χ2v) is 7.37. The van der Waals surface area contributed by atoms with Gasteiger partial charge >= 0.3 is 0 Å². The van der Waals surface area contributed by atoms with Crippen molar-refractivity contribution in [1.29, 1.82) is 0 Å². The first-order valence-electron chi connectivity index (χ1n) is 8.71. The molecule has 0 radical (unpaired) electrons. The van der Waals surface area contributed by atoms with Gasteiger partial charge in [0.15, 0.2) is 0 Å². The van der Waals surface area contributed by atoms with Gasteiger partial charge in [0.2, 0.25) is 5.91 Å². The van der Waals surface area contributed by atoms with Crippen molar-refractivity contribution in [3.8, 4) is 0 Å². The summed E-state index contributed by atoms with van der Waals surface area (Å²) in [5.41, 5.74) is 0. The van der Waals surface area contributed by atoms with Crippen molar-refractivity contribution in [2.24, 2.45) is 11.8 Å². The van der Waals surface area contributed by atoms with Crippen LogP contribution in [0.15, 0.2) is 0 Å². The Kier molecular flexibility index (Phi) is 6.06. The maximum atomic E-state index is 12.4. The van der Waals surface area contributed by atoms with Crippen LogP contribution >= 0.6 is 0 Å². The zero-order chi connectivity index (χ0) is 15.4. The molecule has 0 N–H and O–H groups in total. The van der Waals surface area contributed by atoms with Gasteiger partial charge in [-0.2, -0.15) is 0 Å². The summed E-state index contributed by atoms with van der Waals surface area (Å²) in [6.45, 7) is 15.8. The molecule has 2 saturated heterocycles. The Morgan fingerprint density at radius 2 is 1.52 bits per heavy atom. The van der Waals surface area contributed by atoms with E-state index >= 15 is 0 Å². The van der Waals surface area contributed by atoms with Crippen molar-refractivity contribution in [2.75, 3.05) is 45.8 Å². The summed E-state index contributed by atoms with van der Waals surface area (Å²) in [5, 5.41) is 0. The monoisotopic (exact) mass is 295 g/mol. The molecule has 21 heavy (non-hydrogen) atoms. The summed E-state index contributed by atoms with van der Waals surface area (Å²) in [4.78, 5) is 19.3. The number of piperidine rings is 1. The SMILES string of the molecule is CC(C)C1CCN(CC(=O)N2CCN(C(C)C)CC2)CC1. The van der Waals surface area contributed by atoms with Crippen LogP contribution in [0.25, 0.3) is 0 Å². The van der Waals surface area contributed by atoms with E-state index in [0.717, 1.165) is 51.1 Å². The first-order valence-corrected chi connectivity index (χ1v) is 8.71. The van der Waals surface area contributed by atoms with E-state index in [-0.39, 0.29) is 0 Å². The van der Waals surface area contributed by atoms with Crippen LogP contribution < -0.4 is 0 Å². The van der Waals surface area contributed by atoms with E-state index in [2.05, 4.69) is 42.4 Å². The molecule has 2 rings (SSSR count). The number of nitrogens with zero attached hydrogens (tertiary/aromatic N) is 3. The van der Waals surface area contributed by atoms with Gasteiger partial charge in [0, 0.05) is 32.2 Å². The number of carbonyl (C=O) groups excluding carboxylic acids is 1. The van der Waals surface area contributed by atoms with E-state index in [9.17, 15) is 4.79 Å². The van der Waals surface area contributed by atoms with Gasteiger partial charge in [0.1, 0.15) is 0 Å². The van der Waals surface area contributed by atoms with Crippen molar-refractivity contribution < 1.29 is 4.79 Å². The molecule has 0 bridgehead atoms. The number of amides is 1. The lowest BCUT2D eigenvalue weighted by molar-refractivity contribution is -0.134. The minimum atomic E-state index is 0.335. The quantitative estimate of drug-likeness (QED) is 0.793. The lowest BCUT2D eigenvalue weighted by atomic mass is 9.87. The van der Waals surface area contributed by atoms with Crippen molar-refractivity contribution in [3.63, 3.8) is 0 Å². The maximum absolute atomic E-state index is 12.4. The molecule has 0 atom stereocenters. The predicted molar refractivity (Wildman–Crippen MR) is 87.3 cm³/mol. The molecule has 0 aromatic carbocycles. The fraction of sp³-hybridized carbons (Fsp3) is 0.941. The standard InChI is InChI=1S/C17H33N3O/c1-14(2)16-5-7-18(8-6-16)13-17(21)20-11-9-19(10-12-20)15(3)4/h14-16H,5-13H2,1-4H3. The van der Waals surface area contributed by atoms with Gasteiger partial charge < -0.3 is 4.90 Å². The molecule has 4 heteroatoms. The van der Waals surface area contributed by atoms with Crippen molar-refractivity contribution >= 4 is 5.91 Å². The third kappa shape index (κ3) is 4.68. The van der Waals surface area contributed by atoms with Gasteiger partial charge in [0.05, 0.1) is 6.54 Å². The largest absolute Gasteiger partial charge is 0.339 e. The summed E-state index contributed by atoms with van der Waals surface area (Å²) in [5.74, 6) is 1.97. The van der Waals surface area contributed by atoms with Crippen molar-refractivity contribution in [1.82, 2.24) is 14.7 Å². The molecule has 2 fully saturated rings.